The quantitative estimate of drug-likeness (QED) is 0.827. The van der Waals surface area contributed by atoms with Crippen molar-refractivity contribution in [1.82, 2.24) is 4.98 Å². The number of ether oxygens (including phenoxy) is 1. The number of aromatic nitrogens is 1. The van der Waals surface area contributed by atoms with Crippen LogP contribution in [0.2, 0.25) is 0 Å². The van der Waals surface area contributed by atoms with Gasteiger partial charge in [0, 0.05) is 30.5 Å². The Hall–Kier alpha value is -0.970. The van der Waals surface area contributed by atoms with E-state index in [2.05, 4.69) is 4.98 Å². The van der Waals surface area contributed by atoms with Gasteiger partial charge in [-0.05, 0) is 31.4 Å². The van der Waals surface area contributed by atoms with Crippen LogP contribution in [-0.2, 0) is 4.74 Å². The summed E-state index contributed by atoms with van der Waals surface area (Å²) >= 11 is 0. The van der Waals surface area contributed by atoms with Gasteiger partial charge in [-0.25, -0.2) is 0 Å². The topological polar surface area (TPSA) is 68.4 Å². The minimum Gasteiger partial charge on any atom is -0.388 e. The van der Waals surface area contributed by atoms with Crippen LogP contribution >= 0.6 is 0 Å². The SMILES string of the molecule is Cc1ccc(C(O)C2(CN)CCCOC2)cn1. The number of rotatable bonds is 3. The van der Waals surface area contributed by atoms with Crippen LogP contribution in [-0.4, -0.2) is 29.8 Å². The van der Waals surface area contributed by atoms with Gasteiger partial charge in [0.05, 0.1) is 12.7 Å². The van der Waals surface area contributed by atoms with Gasteiger partial charge >= 0.3 is 0 Å². The third-order valence-electron chi connectivity index (χ3n) is 3.59. The molecule has 2 rings (SSSR count). The molecule has 0 radical (unpaired) electrons. The summed E-state index contributed by atoms with van der Waals surface area (Å²) in [4.78, 5) is 4.22. The smallest absolute Gasteiger partial charge is 0.0895 e. The Balaban J connectivity index is 2.21. The van der Waals surface area contributed by atoms with Gasteiger partial charge in [-0.15, -0.1) is 0 Å². The number of aliphatic hydroxyl groups excluding tert-OH is 1. The molecule has 0 amide bonds. The first-order chi connectivity index (χ1) is 8.18. The molecular weight excluding hydrogens is 216 g/mol. The Bertz CT molecular complexity index is 358. The third kappa shape index (κ3) is 2.49. The van der Waals surface area contributed by atoms with Crippen LogP contribution in [0.4, 0.5) is 0 Å². The number of hydrogen-bond donors (Lipinski definition) is 2. The lowest BCUT2D eigenvalue weighted by atomic mass is 9.75. The molecule has 0 bridgehead atoms. The molecule has 0 spiro atoms. The van der Waals surface area contributed by atoms with E-state index in [1.165, 1.54) is 0 Å². The van der Waals surface area contributed by atoms with Crippen molar-refractivity contribution in [3.8, 4) is 0 Å². The highest BCUT2D eigenvalue weighted by Crippen LogP contribution is 2.39. The van der Waals surface area contributed by atoms with Gasteiger partial charge in [0.2, 0.25) is 0 Å². The molecule has 0 saturated carbocycles. The molecule has 1 aromatic heterocycles. The van der Waals surface area contributed by atoms with E-state index in [-0.39, 0.29) is 5.41 Å². The molecule has 1 aliphatic heterocycles. The molecule has 1 saturated heterocycles. The Morgan fingerprint density at radius 2 is 2.41 bits per heavy atom. The van der Waals surface area contributed by atoms with Gasteiger partial charge < -0.3 is 15.6 Å². The third-order valence-corrected chi connectivity index (χ3v) is 3.59. The van der Waals surface area contributed by atoms with Crippen LogP contribution in [0, 0.1) is 12.3 Å². The fraction of sp³-hybridized carbons (Fsp3) is 0.615. The Morgan fingerprint density at radius 1 is 1.59 bits per heavy atom. The molecule has 0 aromatic carbocycles. The first-order valence-corrected chi connectivity index (χ1v) is 6.06. The van der Waals surface area contributed by atoms with E-state index in [9.17, 15) is 5.11 Å². The van der Waals surface area contributed by atoms with Crippen LogP contribution < -0.4 is 5.73 Å². The van der Waals surface area contributed by atoms with Gasteiger partial charge in [-0.3, -0.25) is 4.98 Å². The van der Waals surface area contributed by atoms with Crippen LogP contribution in [0.15, 0.2) is 18.3 Å². The summed E-state index contributed by atoms with van der Waals surface area (Å²) in [5.41, 5.74) is 7.27. The lowest BCUT2D eigenvalue weighted by Crippen LogP contribution is -2.43. The molecule has 3 N–H and O–H groups in total. The van der Waals surface area contributed by atoms with Gasteiger partial charge in [-0.2, -0.15) is 0 Å². The second-order valence-electron chi connectivity index (χ2n) is 4.86. The first-order valence-electron chi connectivity index (χ1n) is 6.06. The molecular formula is C13H20N2O2. The predicted octanol–water partition coefficient (Wildman–Crippen LogP) is 1.18. The second kappa shape index (κ2) is 5.12. The monoisotopic (exact) mass is 236 g/mol. The zero-order chi connectivity index (χ0) is 12.3. The van der Waals surface area contributed by atoms with E-state index in [0.717, 1.165) is 30.7 Å². The summed E-state index contributed by atoms with van der Waals surface area (Å²) < 4.78 is 5.48. The van der Waals surface area contributed by atoms with Crippen LogP contribution in [0.3, 0.4) is 0 Å². The molecule has 1 fully saturated rings. The fourth-order valence-electron chi connectivity index (χ4n) is 2.36. The number of aryl methyl sites for hydroxylation is 1. The maximum Gasteiger partial charge on any atom is 0.0895 e. The molecule has 0 aliphatic carbocycles. The fourth-order valence-corrected chi connectivity index (χ4v) is 2.36. The van der Waals surface area contributed by atoms with Crippen molar-refractivity contribution >= 4 is 0 Å². The van der Waals surface area contributed by atoms with Crippen molar-refractivity contribution in [2.45, 2.75) is 25.9 Å². The average molecular weight is 236 g/mol. The highest BCUT2D eigenvalue weighted by atomic mass is 16.5. The molecule has 1 aliphatic rings. The van der Waals surface area contributed by atoms with E-state index >= 15 is 0 Å². The van der Waals surface area contributed by atoms with Gasteiger partial charge in [0.1, 0.15) is 0 Å². The Labute approximate surface area is 102 Å². The molecule has 4 nitrogen and oxygen atoms in total. The summed E-state index contributed by atoms with van der Waals surface area (Å²) in [7, 11) is 0. The normalized spacial score (nSPS) is 26.8. The number of pyridine rings is 1. The van der Waals surface area contributed by atoms with Crippen molar-refractivity contribution in [2.75, 3.05) is 19.8 Å². The van der Waals surface area contributed by atoms with Crippen molar-refractivity contribution in [3.63, 3.8) is 0 Å². The summed E-state index contributed by atoms with van der Waals surface area (Å²) in [5, 5.41) is 10.5. The maximum absolute atomic E-state index is 10.5. The first kappa shape index (κ1) is 12.5. The molecule has 2 heterocycles. The Morgan fingerprint density at radius 3 is 2.94 bits per heavy atom. The standard InChI is InChI=1S/C13H20N2O2/c1-10-3-4-11(7-15-10)12(16)13(8-14)5-2-6-17-9-13/h3-4,7,12,16H,2,5-6,8-9,14H2,1H3. The molecule has 94 valence electrons. The van der Waals surface area contributed by atoms with Crippen molar-refractivity contribution in [1.29, 1.82) is 0 Å². The largest absolute Gasteiger partial charge is 0.388 e. The minimum atomic E-state index is -0.596. The average Bonchev–Trinajstić information content (AvgIpc) is 2.39. The van der Waals surface area contributed by atoms with E-state index in [0.29, 0.717) is 13.2 Å². The van der Waals surface area contributed by atoms with E-state index < -0.39 is 6.10 Å². The number of nitrogens with zero attached hydrogens (tertiary/aromatic N) is 1. The van der Waals surface area contributed by atoms with Gasteiger partial charge in [-0.1, -0.05) is 6.07 Å². The second-order valence-corrected chi connectivity index (χ2v) is 4.86. The highest BCUT2D eigenvalue weighted by molar-refractivity contribution is 5.18. The molecule has 4 heteroatoms. The van der Waals surface area contributed by atoms with Crippen LogP contribution in [0.5, 0.6) is 0 Å². The van der Waals surface area contributed by atoms with Gasteiger partial charge in [0.15, 0.2) is 0 Å². The Kier molecular flexibility index (Phi) is 3.76. The lowest BCUT2D eigenvalue weighted by molar-refractivity contribution is -0.0783. The molecule has 17 heavy (non-hydrogen) atoms. The van der Waals surface area contributed by atoms with E-state index in [1.807, 2.05) is 19.1 Å². The summed E-state index contributed by atoms with van der Waals surface area (Å²) in [6, 6.07) is 3.82. The zero-order valence-corrected chi connectivity index (χ0v) is 10.2. The summed E-state index contributed by atoms with van der Waals surface area (Å²) in [5.74, 6) is 0. The van der Waals surface area contributed by atoms with Gasteiger partial charge in [0.25, 0.3) is 0 Å². The summed E-state index contributed by atoms with van der Waals surface area (Å²) in [6.45, 7) is 3.65. The zero-order valence-electron chi connectivity index (χ0n) is 10.2. The summed E-state index contributed by atoms with van der Waals surface area (Å²) in [6.07, 6.45) is 2.99. The highest BCUT2D eigenvalue weighted by Gasteiger charge is 2.39. The van der Waals surface area contributed by atoms with Crippen molar-refractivity contribution in [2.24, 2.45) is 11.1 Å². The minimum absolute atomic E-state index is 0.352. The van der Waals surface area contributed by atoms with Crippen molar-refractivity contribution in [3.05, 3.63) is 29.6 Å². The number of hydrogen-bond acceptors (Lipinski definition) is 4. The van der Waals surface area contributed by atoms with E-state index in [1.54, 1.807) is 6.20 Å². The van der Waals surface area contributed by atoms with Crippen LogP contribution in [0.1, 0.15) is 30.2 Å². The predicted molar refractivity (Wildman–Crippen MR) is 65.5 cm³/mol. The maximum atomic E-state index is 10.5. The van der Waals surface area contributed by atoms with E-state index in [4.69, 9.17) is 10.5 Å². The van der Waals surface area contributed by atoms with Crippen LogP contribution in [0.25, 0.3) is 0 Å². The molecule has 2 unspecified atom stereocenters. The molecule has 2 atom stereocenters. The number of nitrogens with two attached hydrogens (primary N) is 1. The molecule has 1 aromatic rings. The number of aliphatic hydroxyl groups is 1. The lowest BCUT2D eigenvalue weighted by Gasteiger charge is -2.39. The van der Waals surface area contributed by atoms with Crippen molar-refractivity contribution < 1.29 is 9.84 Å².